The maximum Gasteiger partial charge on any atom is 0.194 e. The van der Waals surface area contributed by atoms with Crippen LogP contribution >= 0.6 is 24.0 Å². The number of morpholine rings is 1. The maximum absolute atomic E-state index is 5.93. The fraction of sp³-hybridized carbons (Fsp3) is 0.400. The fourth-order valence-electron chi connectivity index (χ4n) is 3.45. The number of rotatable bonds is 4. The number of nitrogens with one attached hydrogen (secondary N) is 1. The number of guanidine groups is 1. The maximum atomic E-state index is 5.93. The van der Waals surface area contributed by atoms with Gasteiger partial charge >= 0.3 is 0 Å². The molecular formula is C20H27IN8O. The van der Waals surface area contributed by atoms with Gasteiger partial charge in [0.1, 0.15) is 17.7 Å². The van der Waals surface area contributed by atoms with Gasteiger partial charge in [-0.25, -0.2) is 9.97 Å². The van der Waals surface area contributed by atoms with Crippen molar-refractivity contribution in [3.8, 4) is 5.82 Å². The van der Waals surface area contributed by atoms with E-state index in [4.69, 9.17) is 4.74 Å². The second-order valence-electron chi connectivity index (χ2n) is 7.02. The Morgan fingerprint density at radius 1 is 1.30 bits per heavy atom. The number of hydrogen-bond donors (Lipinski definition) is 1. The molecule has 4 heterocycles. The lowest BCUT2D eigenvalue weighted by Gasteiger charge is -2.34. The molecule has 3 aromatic heterocycles. The molecule has 0 amide bonds. The highest BCUT2D eigenvalue weighted by Crippen LogP contribution is 2.21. The van der Waals surface area contributed by atoms with Crippen LogP contribution in [0.15, 0.2) is 48.1 Å². The van der Waals surface area contributed by atoms with Crippen LogP contribution in [0.1, 0.15) is 23.1 Å². The second kappa shape index (κ2) is 10.0. The topological polar surface area (TPSA) is 85.4 Å². The van der Waals surface area contributed by atoms with E-state index in [2.05, 4.69) is 36.3 Å². The largest absolute Gasteiger partial charge is 0.370 e. The average Bonchev–Trinajstić information content (AvgIpc) is 3.37. The standard InChI is InChI=1S/C20H26N8O.HI/c1-15-22-6-7-28(15)19-5-4-16(10-23-19)11-24-20(21-2)27-8-9-29-18(14-27)17-12-25-26(3)13-17;/h4-7,10,12-13,18H,8-9,11,14H2,1-3H3,(H,21,24);1H. The smallest absolute Gasteiger partial charge is 0.194 e. The Morgan fingerprint density at radius 2 is 2.17 bits per heavy atom. The summed E-state index contributed by atoms with van der Waals surface area (Å²) in [5, 5.41) is 7.69. The molecule has 1 aliphatic heterocycles. The van der Waals surface area contributed by atoms with Gasteiger partial charge in [-0.1, -0.05) is 6.07 Å². The first-order chi connectivity index (χ1) is 14.1. The summed E-state index contributed by atoms with van der Waals surface area (Å²) >= 11 is 0. The van der Waals surface area contributed by atoms with Crippen LogP contribution in [0.2, 0.25) is 0 Å². The minimum atomic E-state index is -0.00429. The zero-order valence-electron chi connectivity index (χ0n) is 17.4. The second-order valence-corrected chi connectivity index (χ2v) is 7.02. The van der Waals surface area contributed by atoms with Gasteiger partial charge in [0, 0.05) is 57.5 Å². The molecule has 1 atom stereocenters. The number of aliphatic imine (C=N–C) groups is 1. The highest BCUT2D eigenvalue weighted by atomic mass is 127. The quantitative estimate of drug-likeness (QED) is 0.321. The Morgan fingerprint density at radius 3 is 2.80 bits per heavy atom. The third-order valence-corrected chi connectivity index (χ3v) is 5.01. The predicted octanol–water partition coefficient (Wildman–Crippen LogP) is 2.08. The minimum absolute atomic E-state index is 0. The lowest BCUT2D eigenvalue weighted by atomic mass is 10.1. The summed E-state index contributed by atoms with van der Waals surface area (Å²) in [6.07, 6.45) is 9.42. The minimum Gasteiger partial charge on any atom is -0.370 e. The number of ether oxygens (including phenoxy) is 1. The molecule has 0 saturated carbocycles. The molecule has 1 aliphatic rings. The summed E-state index contributed by atoms with van der Waals surface area (Å²) in [7, 11) is 3.72. The summed E-state index contributed by atoms with van der Waals surface area (Å²) < 4.78 is 9.69. The van der Waals surface area contributed by atoms with Crippen LogP contribution in [0.3, 0.4) is 0 Å². The van der Waals surface area contributed by atoms with Gasteiger partial charge in [-0.15, -0.1) is 24.0 Å². The molecule has 0 aliphatic carbocycles. The third kappa shape index (κ3) is 4.98. The molecule has 1 unspecified atom stereocenters. The Kier molecular flexibility index (Phi) is 7.43. The summed E-state index contributed by atoms with van der Waals surface area (Å²) in [6, 6.07) is 4.07. The first kappa shape index (κ1) is 22.2. The van der Waals surface area contributed by atoms with E-state index >= 15 is 0 Å². The summed E-state index contributed by atoms with van der Waals surface area (Å²) in [4.78, 5) is 15.5. The number of nitrogens with zero attached hydrogens (tertiary/aromatic N) is 7. The van der Waals surface area contributed by atoms with Crippen molar-refractivity contribution in [2.45, 2.75) is 19.6 Å². The van der Waals surface area contributed by atoms with Crippen LogP contribution in [0.5, 0.6) is 0 Å². The van der Waals surface area contributed by atoms with Crippen LogP contribution in [0, 0.1) is 6.92 Å². The highest BCUT2D eigenvalue weighted by molar-refractivity contribution is 14.0. The van der Waals surface area contributed by atoms with E-state index in [0.29, 0.717) is 13.2 Å². The SMILES string of the molecule is CN=C(NCc1ccc(-n2ccnc2C)nc1)N1CCOC(c2cnn(C)c2)C1.I. The van der Waals surface area contributed by atoms with Crippen LogP contribution in [-0.2, 0) is 18.3 Å². The van der Waals surface area contributed by atoms with E-state index in [1.54, 1.807) is 17.9 Å². The zero-order chi connectivity index (χ0) is 20.2. The number of aromatic nitrogens is 5. The van der Waals surface area contributed by atoms with E-state index in [9.17, 15) is 0 Å². The number of hydrogen-bond acceptors (Lipinski definition) is 5. The van der Waals surface area contributed by atoms with Crippen LogP contribution in [0.25, 0.3) is 5.82 Å². The normalized spacial score (nSPS) is 17.0. The Labute approximate surface area is 193 Å². The molecule has 0 radical (unpaired) electrons. The first-order valence-corrected chi connectivity index (χ1v) is 9.65. The molecule has 30 heavy (non-hydrogen) atoms. The van der Waals surface area contributed by atoms with Gasteiger partial charge < -0.3 is 15.0 Å². The van der Waals surface area contributed by atoms with Crippen LogP contribution < -0.4 is 5.32 Å². The van der Waals surface area contributed by atoms with Gasteiger partial charge in [0.2, 0.25) is 0 Å². The fourth-order valence-corrected chi connectivity index (χ4v) is 3.45. The van der Waals surface area contributed by atoms with Crippen molar-refractivity contribution in [3.05, 3.63) is 60.1 Å². The summed E-state index contributed by atoms with van der Waals surface area (Å²) in [5.41, 5.74) is 2.17. The van der Waals surface area contributed by atoms with E-state index in [-0.39, 0.29) is 30.1 Å². The van der Waals surface area contributed by atoms with Crippen molar-refractivity contribution in [1.29, 1.82) is 0 Å². The van der Waals surface area contributed by atoms with Gasteiger partial charge in [-0.05, 0) is 18.6 Å². The van der Waals surface area contributed by atoms with Gasteiger partial charge in [0.25, 0.3) is 0 Å². The molecule has 0 spiro atoms. The Balaban J connectivity index is 0.00000256. The van der Waals surface area contributed by atoms with E-state index in [0.717, 1.165) is 41.8 Å². The zero-order valence-corrected chi connectivity index (χ0v) is 19.7. The Bertz CT molecular complexity index is 981. The molecule has 1 N–H and O–H groups in total. The van der Waals surface area contributed by atoms with Gasteiger partial charge in [-0.2, -0.15) is 5.10 Å². The lowest BCUT2D eigenvalue weighted by molar-refractivity contribution is -0.00805. The molecule has 3 aromatic rings. The molecule has 1 fully saturated rings. The number of halogens is 1. The molecule has 4 rings (SSSR count). The molecule has 9 nitrogen and oxygen atoms in total. The van der Waals surface area contributed by atoms with Crippen molar-refractivity contribution in [2.24, 2.45) is 12.0 Å². The van der Waals surface area contributed by atoms with E-state index < -0.39 is 0 Å². The lowest BCUT2D eigenvalue weighted by Crippen LogP contribution is -2.47. The molecule has 0 aromatic carbocycles. The van der Waals surface area contributed by atoms with Crippen molar-refractivity contribution >= 4 is 29.9 Å². The van der Waals surface area contributed by atoms with Crippen molar-refractivity contribution in [1.82, 2.24) is 34.5 Å². The number of aryl methyl sites for hydroxylation is 2. The first-order valence-electron chi connectivity index (χ1n) is 9.65. The van der Waals surface area contributed by atoms with E-state index in [1.165, 1.54) is 0 Å². The van der Waals surface area contributed by atoms with Crippen LogP contribution in [-0.4, -0.2) is 61.9 Å². The van der Waals surface area contributed by atoms with E-state index in [1.807, 2.05) is 49.4 Å². The monoisotopic (exact) mass is 522 g/mol. The molecule has 1 saturated heterocycles. The van der Waals surface area contributed by atoms with Crippen molar-refractivity contribution < 1.29 is 4.74 Å². The molecular weight excluding hydrogens is 495 g/mol. The van der Waals surface area contributed by atoms with Gasteiger partial charge in [-0.3, -0.25) is 14.2 Å². The average molecular weight is 522 g/mol. The summed E-state index contributed by atoms with van der Waals surface area (Å²) in [6.45, 7) is 4.80. The molecule has 160 valence electrons. The molecule has 0 bridgehead atoms. The summed E-state index contributed by atoms with van der Waals surface area (Å²) in [5.74, 6) is 2.64. The van der Waals surface area contributed by atoms with Crippen molar-refractivity contribution in [2.75, 3.05) is 26.7 Å². The van der Waals surface area contributed by atoms with Crippen LogP contribution in [0.4, 0.5) is 0 Å². The Hall–Kier alpha value is -2.47. The predicted molar refractivity (Wildman–Crippen MR) is 125 cm³/mol. The van der Waals surface area contributed by atoms with Gasteiger partial charge in [0.05, 0.1) is 19.3 Å². The third-order valence-electron chi connectivity index (χ3n) is 5.01. The molecule has 10 heteroatoms. The number of imidazole rings is 1. The number of pyridine rings is 1. The van der Waals surface area contributed by atoms with Gasteiger partial charge in [0.15, 0.2) is 5.96 Å². The highest BCUT2D eigenvalue weighted by Gasteiger charge is 2.25. The van der Waals surface area contributed by atoms with Crippen molar-refractivity contribution in [3.63, 3.8) is 0 Å².